The van der Waals surface area contributed by atoms with E-state index in [-0.39, 0.29) is 19.2 Å². The van der Waals surface area contributed by atoms with Crippen molar-refractivity contribution in [2.24, 2.45) is 5.84 Å². The first-order valence-corrected chi connectivity index (χ1v) is 15.2. The number of rotatable bonds is 3. The lowest BCUT2D eigenvalue weighted by Gasteiger charge is -2.16. The van der Waals surface area contributed by atoms with Crippen LogP contribution in [0.25, 0.3) is 32.7 Å². The fourth-order valence-corrected chi connectivity index (χ4v) is 5.24. The molecule has 240 valence electrons. The van der Waals surface area contributed by atoms with Gasteiger partial charge in [-0.1, -0.05) is 90.2 Å². The van der Waals surface area contributed by atoms with Crippen molar-refractivity contribution in [1.82, 2.24) is 20.0 Å². The summed E-state index contributed by atoms with van der Waals surface area (Å²) in [6.07, 6.45) is 0. The standard InChI is InChI=1S/C15H12ClN3O2.C9H5Cl2N.C9H8ClN3.CH4/c1-8-9(2)15(21)19(14(8)20)18-12-7-6-10-4-3-5-11(16)13(10)17-12;10-7-3-1-2-6-4-5-8(11)12-9(6)7;10-7-3-1-2-6-4-5-8(13-11)12-9(6)7;/h3-7H,1-2H3,(H,17,18);1-5H;1-5H,11H2,(H,12,13);1H4. The number of benzene rings is 3. The van der Waals surface area contributed by atoms with E-state index in [1.165, 1.54) is 0 Å². The summed E-state index contributed by atoms with van der Waals surface area (Å²) in [6, 6.07) is 27.6. The average molecular weight is 709 g/mol. The molecule has 3 aromatic heterocycles. The molecule has 1 aliphatic rings. The molecule has 4 N–H and O–H groups in total. The molecule has 0 aliphatic carbocycles. The maximum absolute atomic E-state index is 12.0. The van der Waals surface area contributed by atoms with E-state index in [2.05, 4.69) is 25.8 Å². The number of pyridine rings is 3. The SMILES string of the molecule is C.CC1=C(C)C(=O)N(Nc2ccc3cccc(Cl)c3n2)C1=O.Clc1ccc2cccc(Cl)c2n1.NNc1ccc2cccc(Cl)c2n1. The van der Waals surface area contributed by atoms with Crippen LogP contribution >= 0.6 is 46.4 Å². The van der Waals surface area contributed by atoms with Gasteiger partial charge in [0.15, 0.2) is 0 Å². The smallest absolute Gasteiger partial charge is 0.275 e. The third-order valence-corrected chi connectivity index (χ3v) is 8.09. The van der Waals surface area contributed by atoms with Crippen LogP contribution in [0.1, 0.15) is 21.3 Å². The molecule has 13 heteroatoms. The van der Waals surface area contributed by atoms with E-state index >= 15 is 0 Å². The summed E-state index contributed by atoms with van der Waals surface area (Å²) < 4.78 is 0. The molecule has 0 atom stereocenters. The van der Waals surface area contributed by atoms with Gasteiger partial charge < -0.3 is 5.43 Å². The molecule has 4 heterocycles. The molecule has 0 fully saturated rings. The topological polar surface area (TPSA) is 126 Å². The molecule has 9 nitrogen and oxygen atoms in total. The van der Waals surface area contributed by atoms with E-state index in [0.717, 1.165) is 32.2 Å². The molecule has 0 unspecified atom stereocenters. The van der Waals surface area contributed by atoms with Crippen LogP contribution in [-0.4, -0.2) is 31.8 Å². The highest BCUT2D eigenvalue weighted by atomic mass is 35.5. The Hall–Kier alpha value is -4.51. The van der Waals surface area contributed by atoms with Crippen LogP contribution in [0.4, 0.5) is 11.6 Å². The number of nitrogens with zero attached hydrogens (tertiary/aromatic N) is 4. The van der Waals surface area contributed by atoms with Gasteiger partial charge in [0, 0.05) is 27.3 Å². The van der Waals surface area contributed by atoms with E-state index < -0.39 is 0 Å². The number of imide groups is 1. The third kappa shape index (κ3) is 7.90. The minimum absolute atomic E-state index is 0. The fourth-order valence-electron chi connectivity index (χ4n) is 4.42. The summed E-state index contributed by atoms with van der Waals surface area (Å²) in [5.74, 6) is 5.51. The second-order valence-electron chi connectivity index (χ2n) is 9.91. The van der Waals surface area contributed by atoms with Gasteiger partial charge in [0.2, 0.25) is 0 Å². The lowest BCUT2D eigenvalue weighted by atomic mass is 10.2. The first kappa shape index (κ1) is 35.3. The zero-order valence-electron chi connectivity index (χ0n) is 24.4. The van der Waals surface area contributed by atoms with Crippen LogP contribution in [0.5, 0.6) is 0 Å². The van der Waals surface area contributed by atoms with Crippen LogP contribution in [0.2, 0.25) is 20.2 Å². The Bertz CT molecular complexity index is 2130. The second kappa shape index (κ2) is 15.4. The van der Waals surface area contributed by atoms with Crippen molar-refractivity contribution in [2.45, 2.75) is 21.3 Å². The second-order valence-corrected chi connectivity index (χ2v) is 11.5. The Balaban J connectivity index is 0.000000167. The predicted octanol–water partition coefficient (Wildman–Crippen LogP) is 9.27. The number of carbonyl (C=O) groups is 2. The van der Waals surface area contributed by atoms with Gasteiger partial charge in [-0.2, -0.15) is 5.01 Å². The van der Waals surface area contributed by atoms with Gasteiger partial charge in [0.1, 0.15) is 16.8 Å². The molecule has 0 saturated heterocycles. The number of halogens is 4. The number of hydrogen-bond donors (Lipinski definition) is 3. The van der Waals surface area contributed by atoms with Gasteiger partial charge in [0.05, 0.1) is 31.6 Å². The Morgan fingerprint density at radius 2 is 0.979 bits per heavy atom. The van der Waals surface area contributed by atoms with E-state index in [0.29, 0.717) is 48.5 Å². The molecule has 6 aromatic rings. The number of fused-ring (bicyclic) bond motifs is 3. The predicted molar refractivity (Wildman–Crippen MR) is 194 cm³/mol. The summed E-state index contributed by atoms with van der Waals surface area (Å²) in [7, 11) is 0. The molecule has 0 radical (unpaired) electrons. The maximum Gasteiger partial charge on any atom is 0.275 e. The quantitative estimate of drug-likeness (QED) is 0.0719. The van der Waals surface area contributed by atoms with Gasteiger partial charge in [-0.25, -0.2) is 20.8 Å². The van der Waals surface area contributed by atoms with Gasteiger partial charge >= 0.3 is 0 Å². The van der Waals surface area contributed by atoms with E-state index in [4.69, 9.17) is 52.2 Å². The van der Waals surface area contributed by atoms with Crippen molar-refractivity contribution in [2.75, 3.05) is 10.9 Å². The van der Waals surface area contributed by atoms with E-state index in [1.54, 1.807) is 50.2 Å². The molecular formula is C34H29Cl4N7O2. The number of hydrogen-bond acceptors (Lipinski definition) is 8. The van der Waals surface area contributed by atoms with Crippen LogP contribution in [0, 0.1) is 0 Å². The Morgan fingerprint density at radius 3 is 1.45 bits per heavy atom. The van der Waals surface area contributed by atoms with E-state index in [1.807, 2.05) is 54.6 Å². The van der Waals surface area contributed by atoms with Gasteiger partial charge in [-0.3, -0.25) is 15.0 Å². The van der Waals surface area contributed by atoms with Crippen molar-refractivity contribution < 1.29 is 9.59 Å². The zero-order chi connectivity index (χ0) is 33.0. The van der Waals surface area contributed by atoms with Crippen molar-refractivity contribution in [3.63, 3.8) is 0 Å². The molecule has 0 bridgehead atoms. The number of nitrogens with two attached hydrogens (primary N) is 1. The van der Waals surface area contributed by atoms with E-state index in [9.17, 15) is 9.59 Å². The number of amides is 2. The lowest BCUT2D eigenvalue weighted by molar-refractivity contribution is -0.135. The highest BCUT2D eigenvalue weighted by Crippen LogP contribution is 2.26. The maximum atomic E-state index is 12.0. The van der Waals surface area contributed by atoms with Crippen LogP contribution in [-0.2, 0) is 9.59 Å². The largest absolute Gasteiger partial charge is 0.308 e. The molecule has 3 aromatic carbocycles. The molecule has 47 heavy (non-hydrogen) atoms. The summed E-state index contributed by atoms with van der Waals surface area (Å²) in [4.78, 5) is 36.7. The summed E-state index contributed by atoms with van der Waals surface area (Å²) in [5.41, 5.74) is 8.23. The number of anilines is 2. The first-order chi connectivity index (χ1) is 22.1. The molecule has 0 spiro atoms. The minimum Gasteiger partial charge on any atom is -0.308 e. The van der Waals surface area contributed by atoms with Crippen molar-refractivity contribution >= 4 is 103 Å². The Kier molecular flexibility index (Phi) is 11.6. The Morgan fingerprint density at radius 1 is 0.574 bits per heavy atom. The summed E-state index contributed by atoms with van der Waals surface area (Å²) in [5, 5.41) is 6.12. The van der Waals surface area contributed by atoms with Crippen LogP contribution in [0.15, 0.2) is 102 Å². The monoisotopic (exact) mass is 707 g/mol. The molecule has 1 aliphatic heterocycles. The fraction of sp³-hybridized carbons (Fsp3) is 0.0882. The highest BCUT2D eigenvalue weighted by Gasteiger charge is 2.34. The number of nitrogens with one attached hydrogen (secondary N) is 2. The van der Waals surface area contributed by atoms with Crippen LogP contribution in [0.3, 0.4) is 0 Å². The van der Waals surface area contributed by atoms with Crippen molar-refractivity contribution in [3.8, 4) is 0 Å². The normalized spacial score (nSPS) is 12.4. The molecule has 7 rings (SSSR count). The van der Waals surface area contributed by atoms with Gasteiger partial charge in [-0.05, 0) is 68.4 Å². The minimum atomic E-state index is -0.362. The van der Waals surface area contributed by atoms with Gasteiger partial charge in [0.25, 0.3) is 11.8 Å². The number of nitrogen functional groups attached to an aromatic ring is 1. The number of hydrazine groups is 2. The molecular weight excluding hydrogens is 680 g/mol. The average Bonchev–Trinajstić information content (AvgIpc) is 3.24. The Labute approximate surface area is 291 Å². The number of aromatic nitrogens is 3. The number of para-hydroxylation sites is 3. The summed E-state index contributed by atoms with van der Waals surface area (Å²) in [6.45, 7) is 3.25. The van der Waals surface area contributed by atoms with Crippen molar-refractivity contribution in [1.29, 1.82) is 0 Å². The number of carbonyl (C=O) groups excluding carboxylic acids is 2. The lowest BCUT2D eigenvalue weighted by Crippen LogP contribution is -2.37. The highest BCUT2D eigenvalue weighted by molar-refractivity contribution is 6.36. The molecule has 2 amide bonds. The van der Waals surface area contributed by atoms with Gasteiger partial charge in [-0.15, -0.1) is 0 Å². The van der Waals surface area contributed by atoms with Crippen LogP contribution < -0.4 is 16.7 Å². The third-order valence-electron chi connectivity index (χ3n) is 6.96. The van der Waals surface area contributed by atoms with Crippen molar-refractivity contribution in [3.05, 3.63) is 122 Å². The zero-order valence-corrected chi connectivity index (χ0v) is 27.4. The summed E-state index contributed by atoms with van der Waals surface area (Å²) >= 11 is 23.7. The molecule has 0 saturated carbocycles. The first-order valence-electron chi connectivity index (χ1n) is 13.7.